The Bertz CT molecular complexity index is 1660. The molecule has 0 bridgehead atoms. The molecule has 0 N–H and O–H groups in total. The highest BCUT2D eigenvalue weighted by Crippen LogP contribution is 2.30. The van der Waals surface area contributed by atoms with Crippen molar-refractivity contribution in [3.05, 3.63) is 120 Å². The van der Waals surface area contributed by atoms with Crippen molar-refractivity contribution in [1.29, 1.82) is 0 Å². The van der Waals surface area contributed by atoms with E-state index in [4.69, 9.17) is 36.3 Å². The van der Waals surface area contributed by atoms with Crippen LogP contribution in [0.4, 0.5) is 0 Å². The van der Waals surface area contributed by atoms with Crippen molar-refractivity contribution in [3.8, 4) is 28.7 Å². The van der Waals surface area contributed by atoms with E-state index < -0.39 is 17.9 Å². The molecule has 0 heterocycles. The summed E-state index contributed by atoms with van der Waals surface area (Å²) in [6.07, 6.45) is 2.48. The fourth-order valence-electron chi connectivity index (χ4n) is 4.19. The van der Waals surface area contributed by atoms with Crippen LogP contribution < -0.4 is 29.1 Å². The molecule has 0 amide bonds. The maximum Gasteiger partial charge on any atom is 0.343 e. The summed E-state index contributed by atoms with van der Waals surface area (Å²) in [5.41, 5.74) is 2.69. The predicted molar refractivity (Wildman–Crippen MR) is 177 cm³/mol. The van der Waals surface area contributed by atoms with Gasteiger partial charge in [-0.3, -0.25) is 0 Å². The summed E-state index contributed by atoms with van der Waals surface area (Å²) in [6.45, 7) is 8.33. The fraction of sp³-hybridized carbons (Fsp3) is 0.216. The first-order valence-electron chi connectivity index (χ1n) is 15.0. The minimum Gasteiger partial charge on any atom is -0.494 e. The molecule has 4 aromatic carbocycles. The Morgan fingerprint density at radius 3 is 1.45 bits per heavy atom. The van der Waals surface area contributed by atoms with Crippen LogP contribution in [0, 0.1) is 13.8 Å². The smallest absolute Gasteiger partial charge is 0.343 e. The van der Waals surface area contributed by atoms with Crippen molar-refractivity contribution in [2.45, 2.75) is 26.7 Å². The minimum atomic E-state index is -0.535. The summed E-state index contributed by atoms with van der Waals surface area (Å²) in [7, 11) is 5.67. The van der Waals surface area contributed by atoms with Crippen LogP contribution >= 0.6 is 0 Å². The highest BCUT2D eigenvalue weighted by atomic mass is 16.5. The second kappa shape index (κ2) is 17.3. The van der Waals surface area contributed by atoms with Crippen molar-refractivity contribution in [2.24, 2.45) is 0 Å². The molecule has 0 aromatic heterocycles. The number of carbonyl (C=O) groups is 3. The maximum absolute atomic E-state index is 12.8. The minimum absolute atomic E-state index is 0.301. The molecule has 4 rings (SSSR count). The van der Waals surface area contributed by atoms with Gasteiger partial charge in [-0.2, -0.15) is 0 Å². The molecule has 9 nitrogen and oxygen atoms in total. The van der Waals surface area contributed by atoms with Crippen LogP contribution in [-0.2, 0) is 9.53 Å². The van der Waals surface area contributed by atoms with Gasteiger partial charge in [-0.15, -0.1) is 0 Å². The van der Waals surface area contributed by atoms with E-state index in [0.717, 1.165) is 6.08 Å². The summed E-state index contributed by atoms with van der Waals surface area (Å²) in [5, 5.41) is 0. The van der Waals surface area contributed by atoms with E-state index in [-0.39, 0.29) is 0 Å². The number of benzene rings is 4. The van der Waals surface area contributed by atoms with Gasteiger partial charge in [0.25, 0.3) is 0 Å². The molecule has 47 heavy (non-hydrogen) atoms. The predicted octanol–water partition coefficient (Wildman–Crippen LogP) is 5.88. The normalized spacial score (nSPS) is 10.4. The zero-order valence-corrected chi connectivity index (χ0v) is 26.4. The number of carbonyl (C=O) groups excluding carboxylic acids is 3. The Hall–Kier alpha value is -5.51. The Morgan fingerprint density at radius 1 is 0.596 bits per heavy atom. The van der Waals surface area contributed by atoms with Crippen LogP contribution in [0.15, 0.2) is 97.6 Å². The van der Waals surface area contributed by atoms with Crippen LogP contribution in [0.5, 0.6) is 28.7 Å². The van der Waals surface area contributed by atoms with Gasteiger partial charge < -0.3 is 28.4 Å². The topological polar surface area (TPSA) is 107 Å². The van der Waals surface area contributed by atoms with E-state index in [1.807, 2.05) is 0 Å². The molecular weight excluding hydrogens is 599 g/mol. The maximum atomic E-state index is 12.8. The molecule has 0 aliphatic carbocycles. The molecule has 0 atom stereocenters. The second-order valence-corrected chi connectivity index (χ2v) is 10.3. The van der Waals surface area contributed by atoms with Crippen molar-refractivity contribution < 1.29 is 42.8 Å². The largest absolute Gasteiger partial charge is 0.494 e. The molecule has 4 aromatic rings. The second-order valence-electron chi connectivity index (χ2n) is 10.3. The summed E-state index contributed by atoms with van der Waals surface area (Å²) < 4.78 is 33.2. The first kappa shape index (κ1) is 34.4. The first-order chi connectivity index (χ1) is 22.7. The van der Waals surface area contributed by atoms with Crippen LogP contribution in [0.3, 0.4) is 0 Å². The van der Waals surface area contributed by atoms with E-state index in [9.17, 15) is 14.4 Å². The van der Waals surface area contributed by atoms with Gasteiger partial charge >= 0.3 is 17.9 Å². The van der Waals surface area contributed by atoms with Gasteiger partial charge in [0, 0.05) is 6.08 Å². The molecule has 10 heteroatoms. The molecule has 0 aliphatic heterocycles. The Balaban J connectivity index is 1.23. The summed E-state index contributed by atoms with van der Waals surface area (Å²) in [5.74, 6) is 1.08. The third-order valence-electron chi connectivity index (χ3n) is 6.99. The Kier molecular flexibility index (Phi) is 12.6. The zero-order chi connectivity index (χ0) is 33.6. The number of rotatable bonds is 16. The highest BCUT2D eigenvalue weighted by Gasteiger charge is 2.17. The van der Waals surface area contributed by atoms with Crippen molar-refractivity contribution in [1.82, 2.24) is 0 Å². The first-order valence-corrected chi connectivity index (χ1v) is 15.0. The van der Waals surface area contributed by atoms with Gasteiger partial charge in [0.15, 0.2) is 0 Å². The molecule has 0 aliphatic rings. The fourth-order valence-corrected chi connectivity index (χ4v) is 4.19. The molecule has 0 saturated heterocycles. The number of hydrogen-bond acceptors (Lipinski definition) is 9. The van der Waals surface area contributed by atoms with Gasteiger partial charge in [-0.1, -0.05) is 24.2 Å². The van der Waals surface area contributed by atoms with E-state index in [1.165, 1.54) is 0 Å². The molecule has 0 spiro atoms. The quantitative estimate of drug-likeness (QED) is 0.0491. The average Bonchev–Trinajstić information content (AvgIpc) is 3.09. The highest BCUT2D eigenvalue weighted by molar-refractivity contribution is 6.32. The summed E-state index contributed by atoms with van der Waals surface area (Å²) >= 11 is 0. The Labute approximate surface area is 275 Å². The third kappa shape index (κ3) is 10.5. The molecule has 0 fully saturated rings. The summed E-state index contributed by atoms with van der Waals surface area (Å²) in [6, 6.07) is 23.5. The van der Waals surface area contributed by atoms with Crippen molar-refractivity contribution >= 4 is 31.2 Å². The van der Waals surface area contributed by atoms with E-state index >= 15 is 0 Å². The van der Waals surface area contributed by atoms with Crippen molar-refractivity contribution in [2.75, 3.05) is 26.4 Å². The lowest BCUT2D eigenvalue weighted by atomic mass is 9.97. The third-order valence-corrected chi connectivity index (χ3v) is 6.99. The van der Waals surface area contributed by atoms with Gasteiger partial charge in [-0.25, -0.2) is 14.4 Å². The van der Waals surface area contributed by atoms with E-state index in [0.29, 0.717) is 95.7 Å². The number of hydrogen-bond donors (Lipinski definition) is 0. The molecule has 0 unspecified atom stereocenters. The number of esters is 3. The SMILES string of the molecule is [B]c1ccc(OCCOc2ccc(C(=O)Oc3ccc(OC(=O)c4ccc(OCCCCOC(=O)C=C)cc4)c(C)c3C)cc2)cc1. The Morgan fingerprint density at radius 2 is 1.00 bits per heavy atom. The average molecular weight is 634 g/mol. The molecule has 240 valence electrons. The monoisotopic (exact) mass is 634 g/mol. The molecular formula is C37H35BO9. The van der Waals surface area contributed by atoms with Gasteiger partial charge in [-0.05, 0) is 111 Å². The zero-order valence-electron chi connectivity index (χ0n) is 26.4. The number of unbranched alkanes of at least 4 members (excludes halogenated alkanes) is 1. The van der Waals surface area contributed by atoms with E-state index in [1.54, 1.807) is 98.8 Å². The molecule has 2 radical (unpaired) electrons. The van der Waals surface area contributed by atoms with Crippen LogP contribution in [-0.4, -0.2) is 52.2 Å². The van der Waals surface area contributed by atoms with Gasteiger partial charge in [0.1, 0.15) is 49.8 Å². The summed E-state index contributed by atoms with van der Waals surface area (Å²) in [4.78, 5) is 36.7. The van der Waals surface area contributed by atoms with Crippen LogP contribution in [0.25, 0.3) is 0 Å². The van der Waals surface area contributed by atoms with E-state index in [2.05, 4.69) is 6.58 Å². The van der Waals surface area contributed by atoms with Crippen LogP contribution in [0.2, 0.25) is 0 Å². The lowest BCUT2D eigenvalue weighted by Gasteiger charge is -2.14. The lowest BCUT2D eigenvalue weighted by Crippen LogP contribution is -2.12. The van der Waals surface area contributed by atoms with Crippen molar-refractivity contribution in [3.63, 3.8) is 0 Å². The van der Waals surface area contributed by atoms with Gasteiger partial charge in [0.2, 0.25) is 0 Å². The number of ether oxygens (including phenoxy) is 6. The molecule has 0 saturated carbocycles. The van der Waals surface area contributed by atoms with Crippen LogP contribution in [0.1, 0.15) is 44.7 Å². The van der Waals surface area contributed by atoms with Gasteiger partial charge in [0.05, 0.1) is 24.3 Å². The standard InChI is InChI=1S/C37H35BO9/c1-4-35(39)45-22-6-5-21-42-30-13-7-27(8-14-30)36(40)46-33-19-20-34(26(3)25(33)2)47-37(41)28-9-15-31(16-10-28)43-23-24-44-32-17-11-29(38)12-18-32/h4,7-20H,1,5-6,21-24H2,2-3H3. The lowest BCUT2D eigenvalue weighted by molar-refractivity contribution is -0.137.